The Bertz CT molecular complexity index is 1060. The number of piperidine rings is 1. The van der Waals surface area contributed by atoms with Gasteiger partial charge in [0, 0.05) is 12.6 Å². The molecule has 2 aliphatic rings. The number of carbonyl (C=O) groups is 3. The number of ether oxygens (including phenoxy) is 2. The fraction of sp³-hybridized carbons (Fsp3) is 0.500. The fourth-order valence-corrected chi connectivity index (χ4v) is 5.54. The number of fused-ring (bicyclic) bond motifs is 1. The predicted octanol–water partition coefficient (Wildman–Crippen LogP) is 2.85. The lowest BCUT2D eigenvalue weighted by atomic mass is 9.92. The SMILES string of the molecule is CCOC(=O)[C@H](CCc1ccccc1)N[C@H](C)C(=O)N1[C@@H]2CNCC[C@@H]2C[C@H]1C(=O)OCc1ccccc1. The molecular formula is C30H39N3O5. The summed E-state index contributed by atoms with van der Waals surface area (Å²) in [6.07, 6.45) is 2.66. The highest BCUT2D eigenvalue weighted by Gasteiger charge is 2.49. The molecule has 2 N–H and O–H groups in total. The third-order valence-electron chi connectivity index (χ3n) is 7.52. The van der Waals surface area contributed by atoms with Gasteiger partial charge in [-0.1, -0.05) is 60.7 Å². The van der Waals surface area contributed by atoms with Crippen LogP contribution in [-0.2, 0) is 36.9 Å². The van der Waals surface area contributed by atoms with Gasteiger partial charge in [0.15, 0.2) is 0 Å². The first-order valence-electron chi connectivity index (χ1n) is 13.7. The summed E-state index contributed by atoms with van der Waals surface area (Å²) >= 11 is 0. The van der Waals surface area contributed by atoms with Crippen LogP contribution >= 0.6 is 0 Å². The van der Waals surface area contributed by atoms with E-state index >= 15 is 0 Å². The van der Waals surface area contributed by atoms with Crippen molar-refractivity contribution in [2.24, 2.45) is 5.92 Å². The number of carbonyl (C=O) groups excluding carboxylic acids is 3. The largest absolute Gasteiger partial charge is 0.465 e. The zero-order chi connectivity index (χ0) is 26.9. The summed E-state index contributed by atoms with van der Waals surface area (Å²) in [6, 6.07) is 17.4. The van der Waals surface area contributed by atoms with E-state index in [2.05, 4.69) is 10.6 Å². The van der Waals surface area contributed by atoms with Crippen LogP contribution in [-0.4, -0.2) is 66.6 Å². The molecule has 204 valence electrons. The third-order valence-corrected chi connectivity index (χ3v) is 7.52. The van der Waals surface area contributed by atoms with Gasteiger partial charge >= 0.3 is 11.9 Å². The van der Waals surface area contributed by atoms with Gasteiger partial charge in [-0.2, -0.15) is 0 Å². The highest BCUT2D eigenvalue weighted by molar-refractivity contribution is 5.89. The minimum atomic E-state index is -0.676. The van der Waals surface area contributed by atoms with E-state index in [1.807, 2.05) is 60.7 Å². The van der Waals surface area contributed by atoms with E-state index in [0.29, 0.717) is 25.8 Å². The fourth-order valence-electron chi connectivity index (χ4n) is 5.54. The summed E-state index contributed by atoms with van der Waals surface area (Å²) < 4.78 is 11.0. The molecule has 38 heavy (non-hydrogen) atoms. The van der Waals surface area contributed by atoms with Gasteiger partial charge < -0.3 is 19.7 Å². The Morgan fingerprint density at radius 1 is 1.03 bits per heavy atom. The average Bonchev–Trinajstić information content (AvgIpc) is 3.34. The first kappa shape index (κ1) is 27.8. The Hall–Kier alpha value is -3.23. The van der Waals surface area contributed by atoms with Gasteiger partial charge in [0.25, 0.3) is 0 Å². The van der Waals surface area contributed by atoms with Crippen LogP contribution in [0, 0.1) is 5.92 Å². The zero-order valence-corrected chi connectivity index (χ0v) is 22.3. The van der Waals surface area contributed by atoms with Crippen LogP contribution in [0.15, 0.2) is 60.7 Å². The van der Waals surface area contributed by atoms with Gasteiger partial charge in [-0.15, -0.1) is 0 Å². The summed E-state index contributed by atoms with van der Waals surface area (Å²) in [4.78, 5) is 41.6. The van der Waals surface area contributed by atoms with Gasteiger partial charge in [0.1, 0.15) is 18.7 Å². The molecule has 8 heteroatoms. The molecule has 2 aromatic rings. The van der Waals surface area contributed by atoms with Crippen molar-refractivity contribution < 1.29 is 23.9 Å². The van der Waals surface area contributed by atoms with Crippen molar-refractivity contribution in [3.8, 4) is 0 Å². The van der Waals surface area contributed by atoms with E-state index < -0.39 is 18.1 Å². The van der Waals surface area contributed by atoms with Crippen molar-refractivity contribution in [2.45, 2.75) is 70.3 Å². The quantitative estimate of drug-likeness (QED) is 0.439. The lowest BCUT2D eigenvalue weighted by Crippen LogP contribution is -2.58. The summed E-state index contributed by atoms with van der Waals surface area (Å²) in [6.45, 7) is 5.47. The monoisotopic (exact) mass is 521 g/mol. The number of hydrogen-bond donors (Lipinski definition) is 2. The predicted molar refractivity (Wildman–Crippen MR) is 144 cm³/mol. The van der Waals surface area contributed by atoms with Crippen LogP contribution in [0.1, 0.15) is 44.2 Å². The molecule has 0 aromatic heterocycles. The smallest absolute Gasteiger partial charge is 0.329 e. The molecular weight excluding hydrogens is 482 g/mol. The molecule has 0 radical (unpaired) electrons. The number of hydrogen-bond acceptors (Lipinski definition) is 7. The minimum absolute atomic E-state index is 0.0832. The molecule has 0 spiro atoms. The van der Waals surface area contributed by atoms with Crippen molar-refractivity contribution in [2.75, 3.05) is 19.7 Å². The second-order valence-electron chi connectivity index (χ2n) is 10.1. The van der Waals surface area contributed by atoms with Crippen molar-refractivity contribution in [3.63, 3.8) is 0 Å². The standard InChI is InChI=1S/C30H39N3O5/c1-3-37-29(35)25(15-14-22-10-6-4-7-11-22)32-21(2)28(34)33-26(18-24-16-17-31-19-27(24)33)30(36)38-20-23-12-8-5-9-13-23/h4-13,21,24-27,31-32H,3,14-20H2,1-2H3/t21-,24-,25+,26+,27-/m1/s1. The van der Waals surface area contributed by atoms with E-state index in [1.54, 1.807) is 18.7 Å². The molecule has 0 bridgehead atoms. The maximum absolute atomic E-state index is 13.9. The topological polar surface area (TPSA) is 97.0 Å². The van der Waals surface area contributed by atoms with Crippen molar-refractivity contribution in [3.05, 3.63) is 71.8 Å². The lowest BCUT2D eigenvalue weighted by Gasteiger charge is -2.36. The Labute approximate surface area is 225 Å². The van der Waals surface area contributed by atoms with Crippen LogP contribution in [0.5, 0.6) is 0 Å². The highest BCUT2D eigenvalue weighted by atomic mass is 16.5. The van der Waals surface area contributed by atoms with Crippen LogP contribution < -0.4 is 10.6 Å². The Morgan fingerprint density at radius 2 is 1.71 bits per heavy atom. The number of benzene rings is 2. The molecule has 0 saturated carbocycles. The van der Waals surface area contributed by atoms with Crippen molar-refractivity contribution in [1.29, 1.82) is 0 Å². The summed E-state index contributed by atoms with van der Waals surface area (Å²) in [7, 11) is 0. The Morgan fingerprint density at radius 3 is 2.39 bits per heavy atom. The Kier molecular flexibility index (Phi) is 9.90. The van der Waals surface area contributed by atoms with E-state index in [4.69, 9.17) is 9.47 Å². The summed E-state index contributed by atoms with van der Waals surface area (Å²) in [5, 5.41) is 6.59. The lowest BCUT2D eigenvalue weighted by molar-refractivity contribution is -0.156. The van der Waals surface area contributed by atoms with Crippen LogP contribution in [0.2, 0.25) is 0 Å². The summed E-state index contributed by atoms with van der Waals surface area (Å²) in [5.41, 5.74) is 2.01. The van der Waals surface area contributed by atoms with Crippen LogP contribution in [0.4, 0.5) is 0 Å². The molecule has 4 rings (SSSR count). The van der Waals surface area contributed by atoms with E-state index in [9.17, 15) is 14.4 Å². The first-order chi connectivity index (χ1) is 18.5. The third kappa shape index (κ3) is 6.99. The molecule has 2 saturated heterocycles. The van der Waals surface area contributed by atoms with Gasteiger partial charge in [-0.05, 0) is 63.1 Å². The van der Waals surface area contributed by atoms with Gasteiger partial charge in [-0.25, -0.2) is 4.79 Å². The van der Waals surface area contributed by atoms with Crippen LogP contribution in [0.3, 0.4) is 0 Å². The second-order valence-corrected chi connectivity index (χ2v) is 10.1. The van der Waals surface area contributed by atoms with Gasteiger partial charge in [0.05, 0.1) is 12.6 Å². The minimum Gasteiger partial charge on any atom is -0.465 e. The maximum Gasteiger partial charge on any atom is 0.329 e. The molecule has 5 atom stereocenters. The molecule has 2 aromatic carbocycles. The number of nitrogens with one attached hydrogen (secondary N) is 2. The maximum atomic E-state index is 13.9. The van der Waals surface area contributed by atoms with Gasteiger partial charge in [0.2, 0.25) is 5.91 Å². The Balaban J connectivity index is 1.45. The molecule has 2 aliphatic heterocycles. The van der Waals surface area contributed by atoms with Crippen LogP contribution in [0.25, 0.3) is 0 Å². The second kappa shape index (κ2) is 13.5. The summed E-state index contributed by atoms with van der Waals surface area (Å²) in [5.74, 6) is -0.715. The molecule has 2 heterocycles. The highest BCUT2D eigenvalue weighted by Crippen LogP contribution is 2.35. The van der Waals surface area contributed by atoms with Crippen molar-refractivity contribution in [1.82, 2.24) is 15.5 Å². The number of esters is 2. The first-order valence-corrected chi connectivity index (χ1v) is 13.7. The van der Waals surface area contributed by atoms with E-state index in [1.165, 1.54) is 0 Å². The number of likely N-dealkylation sites (tertiary alicyclic amines) is 1. The van der Waals surface area contributed by atoms with E-state index in [0.717, 1.165) is 24.1 Å². The molecule has 0 aliphatic carbocycles. The number of nitrogens with zero attached hydrogens (tertiary/aromatic N) is 1. The van der Waals surface area contributed by atoms with E-state index in [-0.39, 0.29) is 43.0 Å². The molecule has 1 amide bonds. The number of rotatable bonds is 11. The van der Waals surface area contributed by atoms with Crippen molar-refractivity contribution >= 4 is 17.8 Å². The number of amides is 1. The zero-order valence-electron chi connectivity index (χ0n) is 22.3. The molecule has 2 fully saturated rings. The normalized spacial score (nSPS) is 22.3. The molecule has 0 unspecified atom stereocenters. The molecule has 8 nitrogen and oxygen atoms in total. The van der Waals surface area contributed by atoms with Gasteiger partial charge in [-0.3, -0.25) is 14.9 Å². The number of aryl methyl sites for hydroxylation is 1. The average molecular weight is 522 g/mol.